The highest BCUT2D eigenvalue weighted by atomic mass is 15.2. The van der Waals surface area contributed by atoms with E-state index in [1.54, 1.807) is 0 Å². The molecular weight excluding hydrogens is 1150 g/mol. The maximum atomic E-state index is 10.2. The summed E-state index contributed by atoms with van der Waals surface area (Å²) in [6.07, 6.45) is 18.1. The maximum Gasteiger partial charge on any atom is 0.0488 e. The van der Waals surface area contributed by atoms with Crippen LogP contribution in [0.3, 0.4) is 0 Å². The molecule has 0 saturated carbocycles. The summed E-state index contributed by atoms with van der Waals surface area (Å²) in [7, 11) is 0. The summed E-state index contributed by atoms with van der Waals surface area (Å²) in [5, 5.41) is 17.1. The third kappa shape index (κ3) is 13.3. The van der Waals surface area contributed by atoms with Crippen LogP contribution in [0.1, 0.15) is 73.1 Å². The standard InChI is InChI=1S/C90H79N5/c1-10-12-21-71-51-81(47-36-65(71)7)94(82-48-37-68-22-13-16-25-72(68)52-82)85-55-75(56-86(59-85)95(83-49-38-69-23-14-17-26-73(69)53-83)84-50-39-70-24-15-18-27-74(70)54-84)89(11-2)66(8)90(67(9)91)76-57-87(92(78-41-30-62(4)31-42-78)77-28-19-20-61(3)29-40-77)60-88(58-76)93(79-43-32-63(5)33-44-79)80-45-34-64(6)35-46-80/h10-18,20-60,91H,1,19H2,2-9H3/b21-12-,89-11-,90-66+,91-67?. The van der Waals surface area contributed by atoms with Gasteiger partial charge in [-0.1, -0.05) is 205 Å². The smallest absolute Gasteiger partial charge is 0.0488 e. The molecule has 5 nitrogen and oxygen atoms in total. The van der Waals surface area contributed by atoms with Crippen molar-refractivity contribution in [1.29, 1.82) is 5.41 Å². The van der Waals surface area contributed by atoms with E-state index in [1.807, 2.05) is 19.1 Å². The molecule has 95 heavy (non-hydrogen) atoms. The first kappa shape index (κ1) is 62.3. The molecule has 1 N–H and O–H groups in total. The van der Waals surface area contributed by atoms with Gasteiger partial charge in [-0.15, -0.1) is 0 Å². The van der Waals surface area contributed by atoms with Crippen LogP contribution in [0.2, 0.25) is 0 Å². The van der Waals surface area contributed by atoms with E-state index in [1.165, 1.54) is 38.4 Å². The van der Waals surface area contributed by atoms with Crippen LogP contribution in [-0.2, 0) is 0 Å². The molecule has 1 aliphatic carbocycles. The second-order valence-corrected chi connectivity index (χ2v) is 25.0. The van der Waals surface area contributed by atoms with Crippen molar-refractivity contribution in [2.45, 2.75) is 61.8 Å². The molecule has 1 aliphatic rings. The third-order valence-corrected chi connectivity index (χ3v) is 18.2. The van der Waals surface area contributed by atoms with Crippen molar-refractivity contribution in [3.8, 4) is 0 Å². The molecule has 0 heterocycles. The first-order chi connectivity index (χ1) is 46.3. The summed E-state index contributed by atoms with van der Waals surface area (Å²) in [6, 6.07) is 93.4. The van der Waals surface area contributed by atoms with Gasteiger partial charge < -0.3 is 25.0 Å². The van der Waals surface area contributed by atoms with Gasteiger partial charge in [0.05, 0.1) is 0 Å². The number of aryl methyl sites for hydroxylation is 4. The summed E-state index contributed by atoms with van der Waals surface area (Å²) in [4.78, 5) is 9.57. The predicted molar refractivity (Wildman–Crippen MR) is 411 cm³/mol. The van der Waals surface area contributed by atoms with E-state index in [9.17, 15) is 5.41 Å². The van der Waals surface area contributed by atoms with Crippen LogP contribution in [0.4, 0.5) is 62.6 Å². The van der Waals surface area contributed by atoms with Gasteiger partial charge in [-0.3, -0.25) is 0 Å². The average molecular weight is 1230 g/mol. The van der Waals surface area contributed by atoms with Crippen molar-refractivity contribution in [3.05, 3.63) is 360 Å². The first-order valence-corrected chi connectivity index (χ1v) is 32.8. The van der Waals surface area contributed by atoms with E-state index in [-0.39, 0.29) is 0 Å². The molecule has 5 heteroatoms. The number of hydrogen-bond acceptors (Lipinski definition) is 5. The Morgan fingerprint density at radius 3 is 1.22 bits per heavy atom. The van der Waals surface area contributed by atoms with Crippen molar-refractivity contribution >= 4 is 118 Å². The van der Waals surface area contributed by atoms with Crippen molar-refractivity contribution < 1.29 is 0 Å². The monoisotopic (exact) mass is 1230 g/mol. The highest BCUT2D eigenvalue weighted by molar-refractivity contribution is 6.25. The average Bonchev–Trinajstić information content (AvgIpc) is 0.842. The number of anilines is 11. The van der Waals surface area contributed by atoms with Gasteiger partial charge in [-0.2, -0.15) is 0 Å². The van der Waals surface area contributed by atoms with Gasteiger partial charge in [-0.05, 0) is 255 Å². The van der Waals surface area contributed by atoms with E-state index in [0.29, 0.717) is 5.71 Å². The van der Waals surface area contributed by atoms with Gasteiger partial charge in [-0.25, -0.2) is 0 Å². The van der Waals surface area contributed by atoms with E-state index in [0.717, 1.165) is 130 Å². The second kappa shape index (κ2) is 27.4. The molecule has 12 aromatic carbocycles. The summed E-state index contributed by atoms with van der Waals surface area (Å²) < 4.78 is 0. The first-order valence-electron chi connectivity index (χ1n) is 32.8. The quantitative estimate of drug-likeness (QED) is 0.0686. The van der Waals surface area contributed by atoms with Gasteiger partial charge >= 0.3 is 0 Å². The Kier molecular flexibility index (Phi) is 17.9. The molecule has 0 spiro atoms. The molecule has 0 aliphatic heterocycles. The van der Waals surface area contributed by atoms with Crippen LogP contribution in [0.5, 0.6) is 0 Å². The fourth-order valence-corrected chi connectivity index (χ4v) is 13.3. The minimum atomic E-state index is 0.445. The van der Waals surface area contributed by atoms with Crippen molar-refractivity contribution in [1.82, 2.24) is 0 Å². The SMILES string of the molecule is C=C/C=C\c1cc(N(c2cc(C(=C\C)/C(C)=C(\C(C)=N)c3cc(N(C4=CCC=C(C)C=C4)c4ccc(C)cc4)cc(N(c4ccc(C)cc4)c4ccc(C)cc4)c3)cc(N(c3ccc4ccccc4c3)c3ccc4ccccc4c3)c2)c2ccc3ccccc3c2)ccc1C. The van der Waals surface area contributed by atoms with Crippen molar-refractivity contribution in [3.63, 3.8) is 0 Å². The highest BCUT2D eigenvalue weighted by Gasteiger charge is 2.26. The number of allylic oxidation sites excluding steroid dienone is 11. The van der Waals surface area contributed by atoms with Gasteiger partial charge in [0.1, 0.15) is 0 Å². The van der Waals surface area contributed by atoms with E-state index in [4.69, 9.17) is 0 Å². The topological polar surface area (TPSA) is 36.8 Å². The molecule has 0 aromatic heterocycles. The lowest BCUT2D eigenvalue weighted by Crippen LogP contribution is -2.17. The lowest BCUT2D eigenvalue weighted by Gasteiger charge is -2.32. The van der Waals surface area contributed by atoms with Crippen LogP contribution < -0.4 is 19.6 Å². The zero-order chi connectivity index (χ0) is 65.7. The molecule has 13 rings (SSSR count). The zero-order valence-electron chi connectivity index (χ0n) is 55.6. The minimum absolute atomic E-state index is 0.445. The fraction of sp³-hybridized carbons (Fsp3) is 0.100. The minimum Gasteiger partial charge on any atom is -0.311 e. The van der Waals surface area contributed by atoms with Gasteiger partial charge in [0.15, 0.2) is 0 Å². The van der Waals surface area contributed by atoms with Gasteiger partial charge in [0.25, 0.3) is 0 Å². The maximum absolute atomic E-state index is 10.2. The van der Waals surface area contributed by atoms with Gasteiger partial charge in [0.2, 0.25) is 0 Å². The van der Waals surface area contributed by atoms with Crippen LogP contribution >= 0.6 is 0 Å². The second-order valence-electron chi connectivity index (χ2n) is 25.0. The molecule has 464 valence electrons. The fourth-order valence-electron chi connectivity index (χ4n) is 13.3. The summed E-state index contributed by atoms with van der Waals surface area (Å²) in [5.74, 6) is 0. The molecular formula is C90H79N5. The lowest BCUT2D eigenvalue weighted by molar-refractivity contribution is 1.17. The lowest BCUT2D eigenvalue weighted by atomic mass is 9.88. The van der Waals surface area contributed by atoms with Crippen molar-refractivity contribution in [2.75, 3.05) is 19.6 Å². The zero-order valence-corrected chi connectivity index (χ0v) is 55.6. The van der Waals surface area contributed by atoms with Crippen molar-refractivity contribution in [2.24, 2.45) is 0 Å². The Morgan fingerprint density at radius 2 is 0.779 bits per heavy atom. The number of benzene rings is 12. The Hall–Kier alpha value is -11.5. The Bertz CT molecular complexity index is 4980. The molecule has 0 unspecified atom stereocenters. The highest BCUT2D eigenvalue weighted by Crippen LogP contribution is 2.48. The Morgan fingerprint density at radius 1 is 0.389 bits per heavy atom. The number of nitrogens with one attached hydrogen (secondary N) is 1. The third-order valence-electron chi connectivity index (χ3n) is 18.2. The Balaban J connectivity index is 1.10. The van der Waals surface area contributed by atoms with E-state index in [2.05, 4.69) is 366 Å². The predicted octanol–water partition coefficient (Wildman–Crippen LogP) is 25.8. The van der Waals surface area contributed by atoms with Gasteiger partial charge in [0, 0.05) is 79.5 Å². The van der Waals surface area contributed by atoms with E-state index >= 15 is 0 Å². The summed E-state index contributed by atoms with van der Waals surface area (Å²) in [6.45, 7) is 21.1. The molecule has 0 amide bonds. The largest absolute Gasteiger partial charge is 0.311 e. The number of hydrogen-bond donors (Lipinski definition) is 1. The number of fused-ring (bicyclic) bond motifs is 3. The van der Waals surface area contributed by atoms with E-state index < -0.39 is 0 Å². The number of rotatable bonds is 18. The molecule has 0 saturated heterocycles. The number of nitrogens with zero attached hydrogens (tertiary/aromatic N) is 4. The molecule has 0 fully saturated rings. The molecule has 0 radical (unpaired) electrons. The molecule has 12 aromatic rings. The van der Waals surface area contributed by atoms with Crippen LogP contribution in [-0.4, -0.2) is 5.71 Å². The molecule has 0 atom stereocenters. The van der Waals surface area contributed by atoms with Crippen LogP contribution in [0.25, 0.3) is 49.5 Å². The summed E-state index contributed by atoms with van der Waals surface area (Å²) >= 11 is 0. The summed E-state index contributed by atoms with van der Waals surface area (Å²) in [5.41, 5.74) is 24.2. The van der Waals surface area contributed by atoms with Crippen LogP contribution in [0, 0.1) is 33.1 Å². The normalized spacial score (nSPS) is 12.7. The Labute approximate surface area is 561 Å². The molecule has 0 bridgehead atoms. The van der Waals surface area contributed by atoms with Crippen LogP contribution in [0.15, 0.2) is 321 Å².